The van der Waals surface area contributed by atoms with Crippen molar-refractivity contribution >= 4 is 36.0 Å². The number of hydrogen-bond donors (Lipinski definition) is 2. The first-order chi connectivity index (χ1) is 23.8. The Bertz CT molecular complexity index is 1970. The van der Waals surface area contributed by atoms with E-state index < -0.39 is 29.5 Å². The van der Waals surface area contributed by atoms with E-state index in [0.717, 1.165) is 28.3 Å². The summed E-state index contributed by atoms with van der Waals surface area (Å²) in [6, 6.07) is 14.8. The maximum atomic E-state index is 14.4. The van der Waals surface area contributed by atoms with E-state index in [4.69, 9.17) is 9.47 Å². The molecule has 5 rings (SSSR count). The van der Waals surface area contributed by atoms with Gasteiger partial charge in [-0.15, -0.1) is 0 Å². The molecule has 3 aromatic carbocycles. The second-order valence-electron chi connectivity index (χ2n) is 12.0. The number of methoxy groups -OCH3 is 2. The molecule has 1 aromatic heterocycles. The van der Waals surface area contributed by atoms with Crippen LogP contribution in [-0.2, 0) is 17.5 Å². The molecule has 0 spiro atoms. The molecular formula is C38H36F3N3O6. The Balaban J connectivity index is 1.43. The Morgan fingerprint density at radius 1 is 0.960 bits per heavy atom. The molecule has 1 fully saturated rings. The number of amides is 1. The SMILES string of the molecule is COc1cc(C(=O)Nc2cccc(-c3cccc(/C=C/c4cc(OC)c(CN5CC[C@@H](C(=O)O)C5)cc4C(F)(F)F)c3C)c2C)ncc1C=O. The van der Waals surface area contributed by atoms with Gasteiger partial charge in [-0.05, 0) is 78.4 Å². The van der Waals surface area contributed by atoms with E-state index in [9.17, 15) is 32.7 Å². The van der Waals surface area contributed by atoms with E-state index >= 15 is 0 Å². The summed E-state index contributed by atoms with van der Waals surface area (Å²) in [5.74, 6) is -1.46. The Labute approximate surface area is 287 Å². The van der Waals surface area contributed by atoms with Gasteiger partial charge >= 0.3 is 12.1 Å². The summed E-state index contributed by atoms with van der Waals surface area (Å²) in [5.41, 5.74) is 4.14. The van der Waals surface area contributed by atoms with Gasteiger partial charge in [-0.3, -0.25) is 24.3 Å². The number of nitrogens with zero attached hydrogens (tertiary/aromatic N) is 2. The number of aldehydes is 1. The lowest BCUT2D eigenvalue weighted by atomic mass is 9.92. The molecule has 2 heterocycles. The molecule has 0 aliphatic carbocycles. The number of halogens is 3. The Kier molecular flexibility index (Phi) is 10.7. The Morgan fingerprint density at radius 2 is 1.64 bits per heavy atom. The molecule has 260 valence electrons. The maximum Gasteiger partial charge on any atom is 0.417 e. The van der Waals surface area contributed by atoms with Crippen LogP contribution in [0.4, 0.5) is 18.9 Å². The van der Waals surface area contributed by atoms with Crippen LogP contribution >= 0.6 is 0 Å². The summed E-state index contributed by atoms with van der Waals surface area (Å²) < 4.78 is 53.8. The van der Waals surface area contributed by atoms with Crippen LogP contribution in [-0.4, -0.2) is 60.5 Å². The molecule has 9 nitrogen and oxygen atoms in total. The second-order valence-corrected chi connectivity index (χ2v) is 12.0. The second kappa shape index (κ2) is 15.0. The third kappa shape index (κ3) is 7.70. The van der Waals surface area contributed by atoms with E-state index in [1.165, 1.54) is 38.6 Å². The van der Waals surface area contributed by atoms with Gasteiger partial charge in [0.05, 0.1) is 31.3 Å². The highest BCUT2D eigenvalue weighted by Crippen LogP contribution is 2.38. The predicted octanol–water partition coefficient (Wildman–Crippen LogP) is 7.54. The zero-order chi connectivity index (χ0) is 36.2. The highest BCUT2D eigenvalue weighted by atomic mass is 19.4. The highest BCUT2D eigenvalue weighted by Gasteiger charge is 2.35. The topological polar surface area (TPSA) is 118 Å². The highest BCUT2D eigenvalue weighted by molar-refractivity contribution is 6.04. The first kappa shape index (κ1) is 35.8. The molecule has 1 aliphatic heterocycles. The minimum absolute atomic E-state index is 0.0614. The molecule has 4 aromatic rings. The zero-order valence-electron chi connectivity index (χ0n) is 27.9. The summed E-state index contributed by atoms with van der Waals surface area (Å²) in [5, 5.41) is 12.2. The molecule has 50 heavy (non-hydrogen) atoms. The van der Waals surface area contributed by atoms with Crippen LogP contribution in [0.15, 0.2) is 60.8 Å². The number of aliphatic carboxylic acids is 1. The summed E-state index contributed by atoms with van der Waals surface area (Å²) >= 11 is 0. The van der Waals surface area contributed by atoms with Crippen LogP contribution in [0.5, 0.6) is 11.5 Å². The van der Waals surface area contributed by atoms with Crippen molar-refractivity contribution in [1.82, 2.24) is 9.88 Å². The Hall–Kier alpha value is -5.49. The Morgan fingerprint density at radius 3 is 2.28 bits per heavy atom. The number of hydrogen-bond acceptors (Lipinski definition) is 7. The fourth-order valence-electron chi connectivity index (χ4n) is 6.15. The van der Waals surface area contributed by atoms with E-state index in [0.29, 0.717) is 36.1 Å². The lowest BCUT2D eigenvalue weighted by Gasteiger charge is -2.20. The van der Waals surface area contributed by atoms with E-state index in [-0.39, 0.29) is 41.4 Å². The lowest BCUT2D eigenvalue weighted by molar-refractivity contribution is -0.141. The van der Waals surface area contributed by atoms with Crippen LogP contribution in [0.1, 0.15) is 60.6 Å². The summed E-state index contributed by atoms with van der Waals surface area (Å²) in [7, 11) is 2.79. The third-order valence-corrected chi connectivity index (χ3v) is 8.94. The van der Waals surface area contributed by atoms with Crippen molar-refractivity contribution < 1.29 is 42.1 Å². The molecule has 0 saturated carbocycles. The normalized spacial score (nSPS) is 14.9. The van der Waals surface area contributed by atoms with Crippen molar-refractivity contribution in [3.63, 3.8) is 0 Å². The van der Waals surface area contributed by atoms with Gasteiger partial charge in [0.2, 0.25) is 0 Å². The number of carbonyl (C=O) groups excluding carboxylic acids is 2. The predicted molar refractivity (Wildman–Crippen MR) is 183 cm³/mol. The third-order valence-electron chi connectivity index (χ3n) is 8.94. The van der Waals surface area contributed by atoms with Crippen LogP contribution in [0.3, 0.4) is 0 Å². The number of pyridine rings is 1. The average Bonchev–Trinajstić information content (AvgIpc) is 3.57. The fourth-order valence-corrected chi connectivity index (χ4v) is 6.15. The number of ether oxygens (including phenoxy) is 2. The smallest absolute Gasteiger partial charge is 0.417 e. The summed E-state index contributed by atoms with van der Waals surface area (Å²) in [4.78, 5) is 41.6. The van der Waals surface area contributed by atoms with Crippen molar-refractivity contribution in [2.75, 3.05) is 32.6 Å². The van der Waals surface area contributed by atoms with Gasteiger partial charge in [0, 0.05) is 36.6 Å². The van der Waals surface area contributed by atoms with Gasteiger partial charge in [-0.25, -0.2) is 0 Å². The molecule has 1 saturated heterocycles. The largest absolute Gasteiger partial charge is 0.496 e. The summed E-state index contributed by atoms with van der Waals surface area (Å²) in [6.45, 7) is 4.59. The van der Waals surface area contributed by atoms with Crippen LogP contribution in [0.2, 0.25) is 0 Å². The van der Waals surface area contributed by atoms with Crippen molar-refractivity contribution in [3.05, 3.63) is 105 Å². The number of likely N-dealkylation sites (tertiary alicyclic amines) is 1. The van der Waals surface area contributed by atoms with Gasteiger partial charge in [0.1, 0.15) is 17.2 Å². The number of carboxylic acid groups (broad SMARTS) is 1. The number of carboxylic acids is 1. The molecule has 0 radical (unpaired) electrons. The molecular weight excluding hydrogens is 651 g/mol. The van der Waals surface area contributed by atoms with Crippen molar-refractivity contribution in [1.29, 1.82) is 0 Å². The molecule has 1 atom stereocenters. The quantitative estimate of drug-likeness (QED) is 0.123. The molecule has 12 heteroatoms. The first-order valence-corrected chi connectivity index (χ1v) is 15.8. The number of rotatable bonds is 11. The van der Waals surface area contributed by atoms with Gasteiger partial charge in [0.25, 0.3) is 5.91 Å². The maximum absolute atomic E-state index is 14.4. The standard InChI is InChI=1S/C38H36F3N3O6/c1-22-24(11-12-25-16-34(49-3)27(15-31(25)38(39,40)41)20-44-14-13-26(19-44)37(47)48)7-5-8-29(22)30-9-6-10-32(23(30)2)43-36(46)33-17-35(50-4)28(21-45)18-42-33/h5-12,15-18,21,26H,13-14,19-20H2,1-4H3,(H,43,46)(H,47,48)/b12-11+/t26-/m1/s1. The van der Waals surface area contributed by atoms with Gasteiger partial charge in [-0.2, -0.15) is 13.2 Å². The molecule has 0 bridgehead atoms. The number of benzene rings is 3. The van der Waals surface area contributed by atoms with Crippen LogP contribution in [0, 0.1) is 19.8 Å². The monoisotopic (exact) mass is 687 g/mol. The number of carbonyl (C=O) groups is 3. The van der Waals surface area contributed by atoms with Crippen molar-refractivity contribution in [2.45, 2.75) is 33.0 Å². The number of anilines is 1. The van der Waals surface area contributed by atoms with E-state index in [2.05, 4.69) is 10.3 Å². The van der Waals surface area contributed by atoms with E-state index in [1.807, 2.05) is 43.0 Å². The van der Waals surface area contributed by atoms with E-state index in [1.54, 1.807) is 18.2 Å². The number of alkyl halides is 3. The number of aromatic nitrogens is 1. The zero-order valence-corrected chi connectivity index (χ0v) is 27.9. The number of nitrogens with one attached hydrogen (secondary N) is 1. The molecule has 0 unspecified atom stereocenters. The molecule has 1 amide bonds. The van der Waals surface area contributed by atoms with Gasteiger partial charge in [0.15, 0.2) is 6.29 Å². The lowest BCUT2D eigenvalue weighted by Crippen LogP contribution is -2.23. The molecule has 1 aliphatic rings. The fraction of sp³-hybridized carbons (Fsp3) is 0.263. The van der Waals surface area contributed by atoms with Gasteiger partial charge < -0.3 is 19.9 Å². The first-order valence-electron chi connectivity index (χ1n) is 15.8. The van der Waals surface area contributed by atoms with Crippen molar-refractivity contribution in [3.8, 4) is 22.6 Å². The minimum atomic E-state index is -4.65. The van der Waals surface area contributed by atoms with Crippen LogP contribution < -0.4 is 14.8 Å². The average molecular weight is 688 g/mol. The van der Waals surface area contributed by atoms with Crippen LogP contribution in [0.25, 0.3) is 23.3 Å². The minimum Gasteiger partial charge on any atom is -0.496 e. The van der Waals surface area contributed by atoms with Gasteiger partial charge in [-0.1, -0.05) is 42.5 Å². The summed E-state index contributed by atoms with van der Waals surface area (Å²) in [6.07, 6.45) is 0.686. The molecule has 2 N–H and O–H groups in total. The van der Waals surface area contributed by atoms with Crippen molar-refractivity contribution in [2.24, 2.45) is 5.92 Å².